The van der Waals surface area contributed by atoms with E-state index in [-0.39, 0.29) is 0 Å². The minimum absolute atomic E-state index is 1.03. The van der Waals surface area contributed by atoms with Crippen LogP contribution in [0.25, 0.3) is 77.4 Å². The highest BCUT2D eigenvalue weighted by Gasteiger charge is 2.22. The first kappa shape index (κ1) is 32.3. The lowest BCUT2D eigenvalue weighted by Gasteiger charge is -2.30. The number of para-hydroxylation sites is 3. The first-order valence-corrected chi connectivity index (χ1v) is 19.6. The van der Waals surface area contributed by atoms with Crippen LogP contribution in [-0.4, -0.2) is 4.57 Å². The van der Waals surface area contributed by atoms with Gasteiger partial charge in [-0.1, -0.05) is 158 Å². The highest BCUT2D eigenvalue weighted by molar-refractivity contribution is 6.14. The zero-order valence-corrected chi connectivity index (χ0v) is 30.9. The van der Waals surface area contributed by atoms with Crippen LogP contribution in [0.2, 0.25) is 0 Å². The van der Waals surface area contributed by atoms with Crippen LogP contribution in [0, 0.1) is 0 Å². The van der Waals surface area contributed by atoms with Crippen LogP contribution in [-0.2, 0) is 6.42 Å². The van der Waals surface area contributed by atoms with Crippen molar-refractivity contribution < 1.29 is 0 Å². The summed E-state index contributed by atoms with van der Waals surface area (Å²) in [6, 6.07) is 71.2. The maximum absolute atomic E-state index is 2.49. The molecule has 11 rings (SSSR count). The van der Waals surface area contributed by atoms with Crippen molar-refractivity contribution in [2.45, 2.75) is 12.8 Å². The summed E-state index contributed by atoms with van der Waals surface area (Å²) in [6.07, 6.45) is 6.75. The van der Waals surface area contributed by atoms with Gasteiger partial charge in [0.2, 0.25) is 0 Å². The third-order valence-electron chi connectivity index (χ3n) is 11.6. The Hall–Kier alpha value is -7.16. The number of rotatable bonds is 6. The fraction of sp³-hybridized carbons (Fsp3) is 0.0370. The molecule has 0 amide bonds. The Balaban J connectivity index is 1.24. The molecule has 1 aliphatic rings. The standard InChI is InChI=1S/C54H38N2/c1-3-17-37(18-4-1)39-33-41(35-42(34-39)56-53-29-15-12-26-49(53)50-27-13-16-30-54(50)56)55(52-28-14-11-21-43(52)38-19-5-2-6-20-38)40-31-32-48-46-24-8-7-22-44(46)45-23-9-10-25-47(45)51(48)36-40/h1-9,11-24,26-36H,10,25H2. The van der Waals surface area contributed by atoms with Crippen molar-refractivity contribution in [1.29, 1.82) is 0 Å². The Labute approximate surface area is 326 Å². The van der Waals surface area contributed by atoms with Gasteiger partial charge in [-0.05, 0) is 111 Å². The van der Waals surface area contributed by atoms with Crippen molar-refractivity contribution in [3.05, 3.63) is 211 Å². The zero-order valence-electron chi connectivity index (χ0n) is 30.9. The van der Waals surface area contributed by atoms with Crippen molar-refractivity contribution in [1.82, 2.24) is 4.57 Å². The lowest BCUT2D eigenvalue weighted by atomic mass is 9.86. The van der Waals surface area contributed by atoms with E-state index in [9.17, 15) is 0 Å². The molecule has 0 bridgehead atoms. The van der Waals surface area contributed by atoms with Crippen LogP contribution in [0.3, 0.4) is 0 Å². The third-order valence-corrected chi connectivity index (χ3v) is 11.6. The number of anilines is 3. The molecule has 2 heteroatoms. The molecule has 56 heavy (non-hydrogen) atoms. The van der Waals surface area contributed by atoms with Crippen molar-refractivity contribution >= 4 is 66.5 Å². The molecule has 1 aliphatic carbocycles. The van der Waals surface area contributed by atoms with E-state index in [1.54, 1.807) is 0 Å². The molecule has 0 N–H and O–H groups in total. The Bertz CT molecular complexity index is 3080. The van der Waals surface area contributed by atoms with E-state index >= 15 is 0 Å². The Morgan fingerprint density at radius 1 is 0.411 bits per heavy atom. The summed E-state index contributed by atoms with van der Waals surface area (Å²) in [4.78, 5) is 2.49. The van der Waals surface area contributed by atoms with Gasteiger partial charge in [0.15, 0.2) is 0 Å². The van der Waals surface area contributed by atoms with Gasteiger partial charge in [0.1, 0.15) is 0 Å². The average Bonchev–Trinajstić information content (AvgIpc) is 3.62. The molecule has 0 unspecified atom stereocenters. The summed E-state index contributed by atoms with van der Waals surface area (Å²) in [7, 11) is 0. The van der Waals surface area contributed by atoms with Gasteiger partial charge in [0.25, 0.3) is 0 Å². The fourth-order valence-corrected chi connectivity index (χ4v) is 9.11. The second-order valence-electron chi connectivity index (χ2n) is 14.8. The molecule has 1 aromatic heterocycles. The van der Waals surface area contributed by atoms with Gasteiger partial charge >= 0.3 is 0 Å². The van der Waals surface area contributed by atoms with Gasteiger partial charge < -0.3 is 9.47 Å². The van der Waals surface area contributed by atoms with E-state index in [0.717, 1.165) is 41.2 Å². The molecule has 0 radical (unpaired) electrons. The topological polar surface area (TPSA) is 8.17 Å². The summed E-state index contributed by atoms with van der Waals surface area (Å²) in [5, 5.41) is 7.76. The van der Waals surface area contributed by atoms with Gasteiger partial charge in [-0.2, -0.15) is 0 Å². The number of allylic oxidation sites excluding steroid dienone is 1. The summed E-state index contributed by atoms with van der Waals surface area (Å²) >= 11 is 0. The molecular weight excluding hydrogens is 677 g/mol. The van der Waals surface area contributed by atoms with Crippen molar-refractivity contribution in [2.24, 2.45) is 0 Å². The molecule has 0 saturated carbocycles. The summed E-state index contributed by atoms with van der Waals surface area (Å²) in [6.45, 7) is 0. The molecule has 1 heterocycles. The van der Waals surface area contributed by atoms with Crippen LogP contribution in [0.4, 0.5) is 17.1 Å². The van der Waals surface area contributed by atoms with E-state index in [2.05, 4.69) is 216 Å². The second kappa shape index (κ2) is 13.3. The van der Waals surface area contributed by atoms with E-state index in [4.69, 9.17) is 0 Å². The SMILES string of the molecule is C1=Cc2c(c3cc(N(c4cc(-c5ccccc5)cc(-n5c6ccccc6c6ccccc65)c4)c4ccccc4-c4ccccc4)ccc3c3ccccc23)CC1. The van der Waals surface area contributed by atoms with E-state index in [0.29, 0.717) is 0 Å². The zero-order chi connectivity index (χ0) is 37.0. The number of aromatic nitrogens is 1. The Morgan fingerprint density at radius 3 is 1.77 bits per heavy atom. The number of benzene rings is 9. The molecule has 0 spiro atoms. The van der Waals surface area contributed by atoms with Gasteiger partial charge in [-0.15, -0.1) is 0 Å². The molecule has 0 aliphatic heterocycles. The number of aryl methyl sites for hydroxylation is 1. The highest BCUT2D eigenvalue weighted by atomic mass is 15.1. The average molecular weight is 715 g/mol. The monoisotopic (exact) mass is 714 g/mol. The number of fused-ring (bicyclic) bond motifs is 9. The van der Waals surface area contributed by atoms with Crippen molar-refractivity contribution in [2.75, 3.05) is 4.90 Å². The minimum Gasteiger partial charge on any atom is -0.310 e. The fourth-order valence-electron chi connectivity index (χ4n) is 9.11. The van der Waals surface area contributed by atoms with Crippen LogP contribution in [0.1, 0.15) is 17.5 Å². The Morgan fingerprint density at radius 2 is 1.02 bits per heavy atom. The lowest BCUT2D eigenvalue weighted by molar-refractivity contribution is 1.00. The third kappa shape index (κ3) is 5.26. The second-order valence-corrected chi connectivity index (χ2v) is 14.8. The summed E-state index contributed by atoms with van der Waals surface area (Å²) in [5.74, 6) is 0. The quantitative estimate of drug-likeness (QED) is 0.156. The van der Waals surface area contributed by atoms with E-state index < -0.39 is 0 Å². The van der Waals surface area contributed by atoms with Gasteiger partial charge in [-0.3, -0.25) is 0 Å². The molecule has 2 nitrogen and oxygen atoms in total. The number of hydrogen-bond acceptors (Lipinski definition) is 1. The lowest BCUT2D eigenvalue weighted by Crippen LogP contribution is -2.12. The minimum atomic E-state index is 1.03. The van der Waals surface area contributed by atoms with Crippen LogP contribution in [0.5, 0.6) is 0 Å². The Kier molecular flexibility index (Phi) is 7.67. The van der Waals surface area contributed by atoms with Crippen LogP contribution < -0.4 is 4.90 Å². The van der Waals surface area contributed by atoms with Crippen molar-refractivity contribution in [3.63, 3.8) is 0 Å². The van der Waals surface area contributed by atoms with Gasteiger partial charge in [-0.25, -0.2) is 0 Å². The largest absolute Gasteiger partial charge is 0.310 e. The molecule has 0 fully saturated rings. The molecule has 0 atom stereocenters. The molecule has 9 aromatic carbocycles. The highest BCUT2D eigenvalue weighted by Crippen LogP contribution is 2.46. The first-order valence-electron chi connectivity index (χ1n) is 19.6. The van der Waals surface area contributed by atoms with E-state index in [1.165, 1.54) is 71.2 Å². The van der Waals surface area contributed by atoms with Crippen LogP contribution in [0.15, 0.2) is 200 Å². The van der Waals surface area contributed by atoms with Crippen LogP contribution >= 0.6 is 0 Å². The van der Waals surface area contributed by atoms with Crippen molar-refractivity contribution in [3.8, 4) is 27.9 Å². The predicted octanol–water partition coefficient (Wildman–Crippen LogP) is 14.9. The smallest absolute Gasteiger partial charge is 0.0541 e. The maximum atomic E-state index is 2.49. The molecule has 0 saturated heterocycles. The molecule has 264 valence electrons. The summed E-state index contributed by atoms with van der Waals surface area (Å²) < 4.78 is 2.44. The van der Waals surface area contributed by atoms with E-state index in [1.807, 2.05) is 0 Å². The predicted molar refractivity (Wildman–Crippen MR) is 239 cm³/mol. The summed E-state index contributed by atoms with van der Waals surface area (Å²) in [5.41, 5.74) is 14.4. The molecular formula is C54H38N2. The van der Waals surface area contributed by atoms with Gasteiger partial charge in [0.05, 0.1) is 16.7 Å². The molecule has 10 aromatic rings. The van der Waals surface area contributed by atoms with Gasteiger partial charge in [0, 0.05) is 33.4 Å². The maximum Gasteiger partial charge on any atom is 0.0541 e. The normalized spacial score (nSPS) is 12.4. The first-order chi connectivity index (χ1) is 27.8. The number of nitrogens with zero attached hydrogens (tertiary/aromatic N) is 2. The number of hydrogen-bond donors (Lipinski definition) is 0.